The van der Waals surface area contributed by atoms with Gasteiger partial charge in [0.1, 0.15) is 5.76 Å². The average Bonchev–Trinajstić information content (AvgIpc) is 3.25. The number of hydrogen-bond donors (Lipinski definition) is 1. The first kappa shape index (κ1) is 19.9. The first-order chi connectivity index (χ1) is 13.5. The molecule has 0 radical (unpaired) electrons. The number of nitrogens with zero attached hydrogens (tertiary/aromatic N) is 3. The third-order valence-electron chi connectivity index (χ3n) is 4.38. The second kappa shape index (κ2) is 8.88. The molecule has 0 aliphatic rings. The quantitative estimate of drug-likeness (QED) is 0.587. The van der Waals surface area contributed by atoms with Gasteiger partial charge in [-0.3, -0.25) is 9.59 Å². The lowest BCUT2D eigenvalue weighted by Gasteiger charge is -2.16. The molecule has 0 aliphatic heterocycles. The molecule has 3 rings (SSSR count). The van der Waals surface area contributed by atoms with E-state index >= 15 is 0 Å². The molecule has 28 heavy (non-hydrogen) atoms. The van der Waals surface area contributed by atoms with E-state index in [9.17, 15) is 9.59 Å². The van der Waals surface area contributed by atoms with Gasteiger partial charge in [0.15, 0.2) is 16.8 Å². The number of Topliss-reactive ketones (excluding diaryl/α,β-unsaturated/α-hetero) is 1. The number of carbonyl (C=O) groups is 2. The highest BCUT2D eigenvalue weighted by Gasteiger charge is 2.19. The minimum atomic E-state index is -0.542. The molecule has 1 amide bonds. The molecule has 0 bridgehead atoms. The number of nitrogens with one attached hydrogen (secondary N) is 1. The van der Waals surface area contributed by atoms with Gasteiger partial charge in [0.25, 0.3) is 0 Å². The van der Waals surface area contributed by atoms with Gasteiger partial charge in [-0.1, -0.05) is 42.1 Å². The zero-order chi connectivity index (χ0) is 20.1. The third-order valence-corrected chi connectivity index (χ3v) is 5.40. The molecule has 0 aliphatic carbocycles. The molecule has 0 spiro atoms. The zero-order valence-electron chi connectivity index (χ0n) is 16.0. The number of ketones is 1. The average molecular weight is 398 g/mol. The van der Waals surface area contributed by atoms with Crippen LogP contribution >= 0.6 is 11.8 Å². The van der Waals surface area contributed by atoms with Gasteiger partial charge >= 0.3 is 0 Å². The summed E-state index contributed by atoms with van der Waals surface area (Å²) in [7, 11) is 1.84. The monoisotopic (exact) mass is 398 g/mol. The second-order valence-corrected chi connectivity index (χ2v) is 7.41. The third kappa shape index (κ3) is 4.69. The van der Waals surface area contributed by atoms with Crippen LogP contribution in [-0.2, 0) is 23.1 Å². The van der Waals surface area contributed by atoms with Gasteiger partial charge in [-0.2, -0.15) is 0 Å². The van der Waals surface area contributed by atoms with E-state index in [1.165, 1.54) is 18.7 Å². The van der Waals surface area contributed by atoms with Crippen molar-refractivity contribution in [3.05, 3.63) is 54.0 Å². The summed E-state index contributed by atoms with van der Waals surface area (Å²) in [5, 5.41) is 11.8. The Hall–Kier alpha value is -2.87. The Morgan fingerprint density at radius 3 is 2.61 bits per heavy atom. The summed E-state index contributed by atoms with van der Waals surface area (Å²) in [4.78, 5) is 24.3. The summed E-state index contributed by atoms with van der Waals surface area (Å²) < 4.78 is 7.13. The summed E-state index contributed by atoms with van der Waals surface area (Å²) in [6, 6.07) is 10.9. The van der Waals surface area contributed by atoms with Crippen molar-refractivity contribution in [1.82, 2.24) is 20.1 Å². The molecule has 0 saturated carbocycles. The van der Waals surface area contributed by atoms with Crippen LogP contribution in [0.1, 0.15) is 18.2 Å². The molecule has 0 fully saturated rings. The molecular weight excluding hydrogens is 376 g/mol. The van der Waals surface area contributed by atoms with Gasteiger partial charge in [-0.25, -0.2) is 0 Å². The van der Waals surface area contributed by atoms with Crippen LogP contribution in [0.5, 0.6) is 0 Å². The Morgan fingerprint density at radius 2 is 1.96 bits per heavy atom. The van der Waals surface area contributed by atoms with Crippen LogP contribution in [0.15, 0.2) is 52.2 Å². The lowest BCUT2D eigenvalue weighted by molar-refractivity contribution is -0.125. The predicted octanol–water partition coefficient (Wildman–Crippen LogP) is 2.79. The van der Waals surface area contributed by atoms with Gasteiger partial charge < -0.3 is 14.3 Å². The van der Waals surface area contributed by atoms with Gasteiger partial charge in [0.05, 0.1) is 23.6 Å². The highest BCUT2D eigenvalue weighted by atomic mass is 32.2. The SMILES string of the molecule is CC(=O)[C@H](Cc1ccccc1)NC(=O)CSc1nnc(-c2ccoc2C)n1C. The molecular formula is C20H22N4O3S. The smallest absolute Gasteiger partial charge is 0.231 e. The first-order valence-electron chi connectivity index (χ1n) is 8.86. The molecule has 8 heteroatoms. The molecule has 0 saturated heterocycles. The summed E-state index contributed by atoms with van der Waals surface area (Å²) in [6.07, 6.45) is 2.08. The summed E-state index contributed by atoms with van der Waals surface area (Å²) in [5.41, 5.74) is 1.87. The van der Waals surface area contributed by atoms with Crippen LogP contribution in [0.25, 0.3) is 11.4 Å². The Labute approximate surface area is 167 Å². The maximum atomic E-state index is 12.4. The predicted molar refractivity (Wildman–Crippen MR) is 107 cm³/mol. The van der Waals surface area contributed by atoms with Gasteiger partial charge in [0, 0.05) is 7.05 Å². The lowest BCUT2D eigenvalue weighted by Crippen LogP contribution is -2.42. The van der Waals surface area contributed by atoms with E-state index in [4.69, 9.17) is 4.42 Å². The fourth-order valence-corrected chi connectivity index (χ4v) is 3.53. The molecule has 1 N–H and O–H groups in total. The maximum Gasteiger partial charge on any atom is 0.231 e. The van der Waals surface area contributed by atoms with E-state index in [1.54, 1.807) is 6.26 Å². The molecule has 1 aromatic carbocycles. The Bertz CT molecular complexity index is 965. The molecule has 146 valence electrons. The van der Waals surface area contributed by atoms with Crippen molar-refractivity contribution in [3.63, 3.8) is 0 Å². The Kier molecular flexibility index (Phi) is 6.30. The number of hydrogen-bond acceptors (Lipinski definition) is 6. The van der Waals surface area contributed by atoms with Crippen molar-refractivity contribution in [3.8, 4) is 11.4 Å². The summed E-state index contributed by atoms with van der Waals surface area (Å²) >= 11 is 1.27. The number of aryl methyl sites for hydroxylation is 1. The van der Waals surface area contributed by atoms with Crippen LogP contribution in [0, 0.1) is 6.92 Å². The van der Waals surface area contributed by atoms with Crippen LogP contribution < -0.4 is 5.32 Å². The number of benzene rings is 1. The van der Waals surface area contributed by atoms with E-state index < -0.39 is 6.04 Å². The van der Waals surface area contributed by atoms with Crippen molar-refractivity contribution >= 4 is 23.5 Å². The maximum absolute atomic E-state index is 12.4. The molecule has 3 aromatic rings. The van der Waals surface area contributed by atoms with Crippen molar-refractivity contribution in [2.45, 2.75) is 31.5 Å². The largest absolute Gasteiger partial charge is 0.469 e. The highest BCUT2D eigenvalue weighted by Crippen LogP contribution is 2.25. The van der Waals surface area contributed by atoms with E-state index in [1.807, 2.05) is 54.9 Å². The molecule has 2 heterocycles. The minimum Gasteiger partial charge on any atom is -0.469 e. The number of amides is 1. The molecule has 2 aromatic heterocycles. The van der Waals surface area contributed by atoms with Crippen molar-refractivity contribution in [2.24, 2.45) is 7.05 Å². The standard InChI is InChI=1S/C20H22N4O3S/c1-13(25)17(11-15-7-5-4-6-8-15)21-18(26)12-28-20-23-22-19(24(20)3)16-9-10-27-14(16)2/h4-10,17H,11-12H2,1-3H3,(H,21,26)/t17-/m0/s1. The van der Waals surface area contributed by atoms with Gasteiger partial charge in [-0.05, 0) is 31.9 Å². The Balaban J connectivity index is 1.60. The number of rotatable bonds is 8. The normalized spacial score (nSPS) is 12.0. The van der Waals surface area contributed by atoms with Crippen LogP contribution in [-0.4, -0.2) is 38.2 Å². The summed E-state index contributed by atoms with van der Waals surface area (Å²) in [5.74, 6) is 1.30. The number of carbonyl (C=O) groups excluding carboxylic acids is 2. The second-order valence-electron chi connectivity index (χ2n) is 6.46. The fraction of sp³-hybridized carbons (Fsp3) is 0.300. The van der Waals surface area contributed by atoms with Gasteiger partial charge in [-0.15, -0.1) is 10.2 Å². The van der Waals surface area contributed by atoms with E-state index in [0.717, 1.165) is 16.9 Å². The highest BCUT2D eigenvalue weighted by molar-refractivity contribution is 7.99. The molecule has 1 atom stereocenters. The van der Waals surface area contributed by atoms with E-state index in [2.05, 4.69) is 15.5 Å². The topological polar surface area (TPSA) is 90.0 Å². The number of thioether (sulfide) groups is 1. The van der Waals surface area contributed by atoms with Crippen LogP contribution in [0.4, 0.5) is 0 Å². The van der Waals surface area contributed by atoms with Crippen LogP contribution in [0.3, 0.4) is 0 Å². The summed E-state index contributed by atoms with van der Waals surface area (Å²) in [6.45, 7) is 3.35. The van der Waals surface area contributed by atoms with E-state index in [0.29, 0.717) is 17.4 Å². The Morgan fingerprint density at radius 1 is 1.21 bits per heavy atom. The number of aromatic nitrogens is 3. The molecule has 0 unspecified atom stereocenters. The fourth-order valence-electron chi connectivity index (χ4n) is 2.80. The van der Waals surface area contributed by atoms with Gasteiger partial charge in [0.2, 0.25) is 5.91 Å². The van der Waals surface area contributed by atoms with Crippen molar-refractivity contribution < 1.29 is 14.0 Å². The first-order valence-corrected chi connectivity index (χ1v) is 9.84. The van der Waals surface area contributed by atoms with Crippen LogP contribution in [0.2, 0.25) is 0 Å². The minimum absolute atomic E-state index is 0.0708. The molecule has 7 nitrogen and oxygen atoms in total. The zero-order valence-corrected chi connectivity index (χ0v) is 16.8. The van der Waals surface area contributed by atoms with Crippen molar-refractivity contribution in [2.75, 3.05) is 5.75 Å². The lowest BCUT2D eigenvalue weighted by atomic mass is 10.0. The van der Waals surface area contributed by atoms with Crippen molar-refractivity contribution in [1.29, 1.82) is 0 Å². The van der Waals surface area contributed by atoms with E-state index in [-0.39, 0.29) is 17.4 Å². The number of furan rings is 1.